The van der Waals surface area contributed by atoms with Crippen LogP contribution in [0.25, 0.3) is 0 Å². The Morgan fingerprint density at radius 2 is 1.12 bits per heavy atom. The summed E-state index contributed by atoms with van der Waals surface area (Å²) in [6, 6.07) is 20.7. The van der Waals surface area contributed by atoms with E-state index in [4.69, 9.17) is 32.0 Å². The number of nitrogens with one attached hydrogen (secondary N) is 2. The number of aliphatic hydroxyl groups is 2. The number of furan rings is 2. The van der Waals surface area contributed by atoms with Gasteiger partial charge in [-0.25, -0.2) is 0 Å². The lowest BCUT2D eigenvalue weighted by Gasteiger charge is -2.33. The van der Waals surface area contributed by atoms with Crippen LogP contribution in [0.5, 0.6) is 0 Å². The third-order valence-corrected chi connectivity index (χ3v) is 8.61. The summed E-state index contributed by atoms with van der Waals surface area (Å²) in [5.74, 6) is 11.9. The Morgan fingerprint density at radius 1 is 0.688 bits per heavy atom. The molecule has 4 N–H and O–H groups in total. The minimum atomic E-state index is -1.11. The molecule has 2 amide bonds. The van der Waals surface area contributed by atoms with Gasteiger partial charge in [0.15, 0.2) is 11.5 Å². The highest BCUT2D eigenvalue weighted by molar-refractivity contribution is 6.31. The molecule has 2 aromatic heterocycles. The van der Waals surface area contributed by atoms with Crippen molar-refractivity contribution in [1.29, 1.82) is 0 Å². The van der Waals surface area contributed by atoms with Gasteiger partial charge in [-0.3, -0.25) is 9.59 Å². The van der Waals surface area contributed by atoms with Gasteiger partial charge in [0.25, 0.3) is 11.8 Å². The molecule has 0 radical (unpaired) electrons. The fourth-order valence-electron chi connectivity index (χ4n) is 5.82. The molecule has 48 heavy (non-hydrogen) atoms. The molecular weight excluding hydrogens is 651 g/mol. The number of amides is 2. The van der Waals surface area contributed by atoms with Gasteiger partial charge >= 0.3 is 0 Å². The highest BCUT2D eigenvalue weighted by Gasteiger charge is 2.35. The van der Waals surface area contributed by atoms with Crippen LogP contribution < -0.4 is 10.6 Å². The molecule has 2 fully saturated rings. The highest BCUT2D eigenvalue weighted by atomic mass is 35.5. The topological polar surface area (TPSA) is 125 Å². The van der Waals surface area contributed by atoms with Crippen molar-refractivity contribution < 1.29 is 28.6 Å². The standard InChI is InChI=1S/2C19H18ClNO3/c2*20-15-5-1-4-14(12-15)8-10-19(23)9-2-6-16(13-19)21-18(22)17-7-3-11-24-17/h2*1,3-5,7,11-12,16,23H,2,6,9,13H2,(H,21,22)/t2*16-,19+/m10/s1. The fraction of sp³-hybridized carbons (Fsp3) is 0.316. The zero-order valence-corrected chi connectivity index (χ0v) is 27.7. The van der Waals surface area contributed by atoms with Crippen LogP contribution in [0.4, 0.5) is 0 Å². The van der Waals surface area contributed by atoms with E-state index in [1.807, 2.05) is 24.3 Å². The minimum absolute atomic E-state index is 0.130. The van der Waals surface area contributed by atoms with Crippen molar-refractivity contribution in [1.82, 2.24) is 10.6 Å². The summed E-state index contributed by atoms with van der Waals surface area (Å²) >= 11 is 11.9. The zero-order chi connectivity index (χ0) is 34.0. The second kappa shape index (κ2) is 16.1. The summed E-state index contributed by atoms with van der Waals surface area (Å²) in [4.78, 5) is 24.1. The predicted molar refractivity (Wildman–Crippen MR) is 183 cm³/mol. The van der Waals surface area contributed by atoms with Gasteiger partial charge in [0.2, 0.25) is 0 Å². The van der Waals surface area contributed by atoms with Crippen molar-refractivity contribution in [3.8, 4) is 23.7 Å². The monoisotopic (exact) mass is 686 g/mol. The number of benzene rings is 2. The van der Waals surface area contributed by atoms with Crippen molar-refractivity contribution in [3.63, 3.8) is 0 Å². The summed E-state index contributed by atoms with van der Waals surface area (Å²) in [6.45, 7) is 0. The predicted octanol–water partition coefficient (Wildman–Crippen LogP) is 6.78. The normalized spacial score (nSPS) is 23.2. The Balaban J connectivity index is 0.000000188. The molecular formula is C38H36Cl2N2O6. The van der Waals surface area contributed by atoms with Crippen molar-refractivity contribution in [3.05, 3.63) is 118 Å². The first-order valence-corrected chi connectivity index (χ1v) is 16.5. The highest BCUT2D eigenvalue weighted by Crippen LogP contribution is 2.29. The zero-order valence-electron chi connectivity index (χ0n) is 26.2. The lowest BCUT2D eigenvalue weighted by Crippen LogP contribution is -2.45. The molecule has 0 spiro atoms. The van der Waals surface area contributed by atoms with Crippen LogP contribution in [-0.4, -0.2) is 45.3 Å². The van der Waals surface area contributed by atoms with Gasteiger partial charge in [-0.2, -0.15) is 0 Å². The van der Waals surface area contributed by atoms with Crippen LogP contribution in [0, 0.1) is 23.7 Å². The molecule has 2 aliphatic rings. The second-order valence-corrected chi connectivity index (χ2v) is 12.9. The van der Waals surface area contributed by atoms with E-state index in [9.17, 15) is 19.8 Å². The molecule has 2 aromatic carbocycles. The molecule has 10 heteroatoms. The molecule has 4 aromatic rings. The van der Waals surface area contributed by atoms with Crippen LogP contribution in [-0.2, 0) is 0 Å². The van der Waals surface area contributed by atoms with Crippen molar-refractivity contribution in [2.75, 3.05) is 0 Å². The lowest BCUT2D eigenvalue weighted by atomic mass is 9.82. The summed E-state index contributed by atoms with van der Waals surface area (Å²) in [7, 11) is 0. The number of hydrogen-bond donors (Lipinski definition) is 4. The molecule has 0 unspecified atom stereocenters. The molecule has 2 aliphatic carbocycles. The van der Waals surface area contributed by atoms with E-state index in [-0.39, 0.29) is 35.4 Å². The van der Waals surface area contributed by atoms with Gasteiger partial charge < -0.3 is 29.7 Å². The number of hydrogen-bond acceptors (Lipinski definition) is 6. The SMILES string of the molecule is O=C(N[C@@H]1CCC[C@](O)(C#Cc2cccc(Cl)c2)C1)c1ccco1.O=C(N[C@H]1CCC[C@@](O)(C#Cc2cccc(Cl)c2)C1)c1ccco1. The van der Waals surface area contributed by atoms with Gasteiger partial charge in [-0.1, -0.05) is 59.0 Å². The van der Waals surface area contributed by atoms with E-state index in [1.54, 1.807) is 48.5 Å². The van der Waals surface area contributed by atoms with E-state index >= 15 is 0 Å². The molecule has 248 valence electrons. The average Bonchev–Trinajstić information content (AvgIpc) is 3.80. The van der Waals surface area contributed by atoms with Crippen molar-refractivity contribution in [2.45, 2.75) is 74.7 Å². The number of halogens is 2. The minimum Gasteiger partial charge on any atom is -0.459 e. The Labute approximate surface area is 289 Å². The molecule has 2 saturated carbocycles. The summed E-state index contributed by atoms with van der Waals surface area (Å²) in [6.07, 6.45) is 8.11. The first-order valence-electron chi connectivity index (χ1n) is 15.8. The maximum Gasteiger partial charge on any atom is 0.287 e. The van der Waals surface area contributed by atoms with E-state index in [2.05, 4.69) is 34.3 Å². The average molecular weight is 688 g/mol. The first-order chi connectivity index (χ1) is 23.1. The summed E-state index contributed by atoms with van der Waals surface area (Å²) in [5.41, 5.74) is -0.695. The number of carbonyl (C=O) groups is 2. The molecule has 2 heterocycles. The second-order valence-electron chi connectivity index (χ2n) is 12.1. The first kappa shape index (κ1) is 34.9. The van der Waals surface area contributed by atoms with Gasteiger partial charge in [0, 0.05) is 46.1 Å². The van der Waals surface area contributed by atoms with Crippen molar-refractivity contribution >= 4 is 35.0 Å². The van der Waals surface area contributed by atoms with Crippen LogP contribution in [0.1, 0.15) is 83.6 Å². The molecule has 0 bridgehead atoms. The Morgan fingerprint density at radius 3 is 1.50 bits per heavy atom. The fourth-order valence-corrected chi connectivity index (χ4v) is 6.20. The molecule has 4 atom stereocenters. The molecule has 6 rings (SSSR count). The van der Waals surface area contributed by atoms with Crippen molar-refractivity contribution in [2.24, 2.45) is 0 Å². The maximum atomic E-state index is 12.1. The quantitative estimate of drug-likeness (QED) is 0.176. The van der Waals surface area contributed by atoms with Gasteiger partial charge in [-0.05, 0) is 99.2 Å². The van der Waals surface area contributed by atoms with Gasteiger partial charge in [0.1, 0.15) is 11.2 Å². The van der Waals surface area contributed by atoms with E-state index in [1.165, 1.54) is 12.5 Å². The van der Waals surface area contributed by atoms with Crippen LogP contribution >= 0.6 is 23.2 Å². The van der Waals surface area contributed by atoms with Crippen LogP contribution in [0.3, 0.4) is 0 Å². The van der Waals surface area contributed by atoms with Crippen LogP contribution in [0.15, 0.2) is 94.2 Å². The van der Waals surface area contributed by atoms with E-state index in [0.717, 1.165) is 36.8 Å². The maximum absolute atomic E-state index is 12.1. The smallest absolute Gasteiger partial charge is 0.287 e. The number of carbonyl (C=O) groups excluding carboxylic acids is 2. The molecule has 0 saturated heterocycles. The largest absolute Gasteiger partial charge is 0.459 e. The number of rotatable bonds is 4. The van der Waals surface area contributed by atoms with E-state index in [0.29, 0.717) is 35.7 Å². The summed E-state index contributed by atoms with van der Waals surface area (Å²) in [5, 5.41) is 28.5. The molecule has 8 nitrogen and oxygen atoms in total. The Bertz CT molecular complexity index is 1680. The van der Waals surface area contributed by atoms with Crippen LogP contribution in [0.2, 0.25) is 10.0 Å². The third-order valence-electron chi connectivity index (χ3n) is 8.14. The van der Waals surface area contributed by atoms with E-state index < -0.39 is 11.2 Å². The van der Waals surface area contributed by atoms with Gasteiger partial charge in [-0.15, -0.1) is 0 Å². The Hall–Kier alpha value is -4.44. The summed E-state index contributed by atoms with van der Waals surface area (Å²) < 4.78 is 10.2. The van der Waals surface area contributed by atoms with Gasteiger partial charge in [0.05, 0.1) is 12.5 Å². The Kier molecular flexibility index (Phi) is 11.7. The lowest BCUT2D eigenvalue weighted by molar-refractivity contribution is 0.0439. The third kappa shape index (κ3) is 10.3. The molecule has 0 aliphatic heterocycles.